The summed E-state index contributed by atoms with van der Waals surface area (Å²) in [4.78, 5) is 24.5. The van der Waals surface area contributed by atoms with Crippen LogP contribution in [0.15, 0.2) is 47.6 Å². The van der Waals surface area contributed by atoms with Gasteiger partial charge < -0.3 is 9.69 Å². The molecule has 0 unspecified atom stereocenters. The maximum Gasteiger partial charge on any atom is 0.188 e. The van der Waals surface area contributed by atoms with E-state index >= 15 is 0 Å². The van der Waals surface area contributed by atoms with Crippen molar-refractivity contribution in [1.82, 2.24) is 0 Å². The molecule has 0 aliphatic carbocycles. The summed E-state index contributed by atoms with van der Waals surface area (Å²) < 4.78 is 0. The number of carbonyl (C=O) groups is 2. The molecule has 0 spiro atoms. The van der Waals surface area contributed by atoms with Crippen molar-refractivity contribution in [2.24, 2.45) is 0 Å². The summed E-state index contributed by atoms with van der Waals surface area (Å²) in [6.45, 7) is 3.68. The monoisotopic (exact) mass is 271 g/mol. The van der Waals surface area contributed by atoms with E-state index in [0.717, 1.165) is 17.5 Å². The molecule has 0 aliphatic heterocycles. The van der Waals surface area contributed by atoms with Gasteiger partial charge in [0.1, 0.15) is 6.29 Å². The van der Waals surface area contributed by atoms with E-state index < -0.39 is 0 Å². The van der Waals surface area contributed by atoms with Gasteiger partial charge in [0, 0.05) is 31.8 Å². The highest BCUT2D eigenvalue weighted by molar-refractivity contribution is 6.08. The minimum absolute atomic E-state index is 0.00848. The Kier molecular flexibility index (Phi) is 5.91. The molecule has 0 aromatic heterocycles. The van der Waals surface area contributed by atoms with Crippen LogP contribution in [0.25, 0.3) is 0 Å². The molecular formula is C17H21NO2. The number of benzene rings is 1. The van der Waals surface area contributed by atoms with E-state index in [2.05, 4.69) is 0 Å². The van der Waals surface area contributed by atoms with Crippen molar-refractivity contribution in [3.8, 4) is 0 Å². The fourth-order valence-corrected chi connectivity index (χ4v) is 1.84. The summed E-state index contributed by atoms with van der Waals surface area (Å²) in [6, 6.07) is 7.52. The molecule has 106 valence electrons. The molecular weight excluding hydrogens is 250 g/mol. The van der Waals surface area contributed by atoms with Gasteiger partial charge >= 0.3 is 0 Å². The number of Topliss-reactive ketones (excluding diaryl/α,β-unsaturated/α-hetero) is 1. The van der Waals surface area contributed by atoms with E-state index in [9.17, 15) is 9.59 Å². The third kappa shape index (κ3) is 4.50. The molecule has 0 bridgehead atoms. The van der Waals surface area contributed by atoms with Crippen LogP contribution in [0.5, 0.6) is 0 Å². The normalized spacial score (nSPS) is 12.2. The average Bonchev–Trinajstić information content (AvgIpc) is 2.44. The number of aldehydes is 1. The number of rotatable bonds is 6. The van der Waals surface area contributed by atoms with Gasteiger partial charge in [-0.2, -0.15) is 0 Å². The van der Waals surface area contributed by atoms with E-state index in [-0.39, 0.29) is 5.78 Å². The molecule has 20 heavy (non-hydrogen) atoms. The number of ketones is 1. The van der Waals surface area contributed by atoms with Gasteiger partial charge in [-0.15, -0.1) is 0 Å². The Labute approximate surface area is 120 Å². The SMILES string of the molecule is CC(=CCC=O)C=C(C)C(=O)c1ccc(N(C)C)cc1. The second-order valence-electron chi connectivity index (χ2n) is 4.95. The molecule has 0 atom stereocenters. The summed E-state index contributed by atoms with van der Waals surface area (Å²) in [7, 11) is 3.92. The van der Waals surface area contributed by atoms with Gasteiger partial charge in [-0.25, -0.2) is 0 Å². The van der Waals surface area contributed by atoms with Crippen LogP contribution in [-0.4, -0.2) is 26.2 Å². The zero-order valence-electron chi connectivity index (χ0n) is 12.5. The number of hydrogen-bond donors (Lipinski definition) is 0. The number of carbonyl (C=O) groups excluding carboxylic acids is 2. The van der Waals surface area contributed by atoms with Crippen molar-refractivity contribution in [1.29, 1.82) is 0 Å². The van der Waals surface area contributed by atoms with Crippen LogP contribution in [0.2, 0.25) is 0 Å². The second-order valence-corrected chi connectivity index (χ2v) is 4.95. The van der Waals surface area contributed by atoms with Gasteiger partial charge in [0.25, 0.3) is 0 Å². The average molecular weight is 271 g/mol. The summed E-state index contributed by atoms with van der Waals surface area (Å²) in [5.74, 6) is 0.00848. The lowest BCUT2D eigenvalue weighted by atomic mass is 10.0. The highest BCUT2D eigenvalue weighted by Crippen LogP contribution is 2.16. The Balaban J connectivity index is 2.88. The number of anilines is 1. The minimum atomic E-state index is 0.00848. The van der Waals surface area contributed by atoms with Gasteiger partial charge in [0.15, 0.2) is 5.78 Å². The molecule has 1 rings (SSSR count). The maximum absolute atomic E-state index is 12.3. The summed E-state index contributed by atoms with van der Waals surface area (Å²) in [5, 5.41) is 0. The molecule has 0 aliphatic rings. The Bertz CT molecular complexity index is 537. The molecule has 0 heterocycles. The second kappa shape index (κ2) is 7.43. The van der Waals surface area contributed by atoms with Gasteiger partial charge in [-0.1, -0.05) is 17.7 Å². The zero-order valence-corrected chi connectivity index (χ0v) is 12.5. The van der Waals surface area contributed by atoms with E-state index in [4.69, 9.17) is 0 Å². The number of nitrogens with zero attached hydrogens (tertiary/aromatic N) is 1. The van der Waals surface area contributed by atoms with Gasteiger partial charge in [0.2, 0.25) is 0 Å². The third-order valence-corrected chi connectivity index (χ3v) is 2.98. The van der Waals surface area contributed by atoms with Crippen LogP contribution in [0.3, 0.4) is 0 Å². The fourth-order valence-electron chi connectivity index (χ4n) is 1.84. The fraction of sp³-hybridized carbons (Fsp3) is 0.294. The first kappa shape index (κ1) is 15.9. The van der Waals surface area contributed by atoms with Crippen LogP contribution >= 0.6 is 0 Å². The van der Waals surface area contributed by atoms with E-state index in [1.54, 1.807) is 13.0 Å². The summed E-state index contributed by atoms with van der Waals surface area (Å²) in [5.41, 5.74) is 3.33. The lowest BCUT2D eigenvalue weighted by molar-refractivity contribution is -0.107. The predicted octanol–water partition coefficient (Wildman–Crippen LogP) is 3.42. The third-order valence-electron chi connectivity index (χ3n) is 2.98. The molecule has 1 aromatic rings. The van der Waals surface area contributed by atoms with Crippen molar-refractivity contribution in [2.45, 2.75) is 20.3 Å². The molecule has 3 heteroatoms. The van der Waals surface area contributed by atoms with Crippen molar-refractivity contribution in [2.75, 3.05) is 19.0 Å². The summed E-state index contributed by atoms with van der Waals surface area (Å²) >= 11 is 0. The van der Waals surface area contributed by atoms with Crippen molar-refractivity contribution >= 4 is 17.8 Å². The van der Waals surface area contributed by atoms with E-state index in [1.165, 1.54) is 0 Å². The first-order chi connectivity index (χ1) is 9.45. The van der Waals surface area contributed by atoms with E-state index in [1.807, 2.05) is 56.3 Å². The zero-order chi connectivity index (χ0) is 15.1. The Morgan fingerprint density at radius 3 is 2.25 bits per heavy atom. The lowest BCUT2D eigenvalue weighted by Crippen LogP contribution is -2.09. The lowest BCUT2D eigenvalue weighted by Gasteiger charge is -2.12. The number of hydrogen-bond acceptors (Lipinski definition) is 3. The van der Waals surface area contributed by atoms with Crippen molar-refractivity contribution in [3.63, 3.8) is 0 Å². The molecule has 0 saturated heterocycles. The molecule has 3 nitrogen and oxygen atoms in total. The van der Waals surface area contributed by atoms with Crippen molar-refractivity contribution in [3.05, 3.63) is 53.1 Å². The van der Waals surface area contributed by atoms with Crippen LogP contribution in [0.1, 0.15) is 30.6 Å². The van der Waals surface area contributed by atoms with Crippen LogP contribution in [-0.2, 0) is 4.79 Å². The Hall–Kier alpha value is -2.16. The van der Waals surface area contributed by atoms with E-state index in [0.29, 0.717) is 17.6 Å². The smallest absolute Gasteiger partial charge is 0.188 e. The Morgan fingerprint density at radius 2 is 1.75 bits per heavy atom. The quantitative estimate of drug-likeness (QED) is 0.344. The molecule has 0 saturated carbocycles. The first-order valence-corrected chi connectivity index (χ1v) is 6.56. The van der Waals surface area contributed by atoms with Crippen molar-refractivity contribution < 1.29 is 9.59 Å². The predicted molar refractivity (Wildman–Crippen MR) is 83.3 cm³/mol. The largest absolute Gasteiger partial charge is 0.378 e. The van der Waals surface area contributed by atoms with Gasteiger partial charge in [-0.3, -0.25) is 4.79 Å². The van der Waals surface area contributed by atoms with Crippen LogP contribution in [0.4, 0.5) is 5.69 Å². The molecule has 0 amide bonds. The molecule has 0 radical (unpaired) electrons. The van der Waals surface area contributed by atoms with Crippen LogP contribution in [0, 0.1) is 0 Å². The van der Waals surface area contributed by atoms with Gasteiger partial charge in [-0.05, 0) is 43.7 Å². The standard InChI is InChI=1S/C17H21NO2/c1-13(6-5-11-19)12-14(2)17(20)15-7-9-16(10-8-15)18(3)4/h6-12H,5H2,1-4H3. The number of allylic oxidation sites excluding steroid dienone is 4. The van der Waals surface area contributed by atoms with Gasteiger partial charge in [0.05, 0.1) is 0 Å². The molecule has 1 aromatic carbocycles. The van der Waals surface area contributed by atoms with Crippen LogP contribution < -0.4 is 4.90 Å². The molecule has 0 N–H and O–H groups in total. The highest BCUT2D eigenvalue weighted by atomic mass is 16.1. The molecule has 0 fully saturated rings. The first-order valence-electron chi connectivity index (χ1n) is 6.56. The Morgan fingerprint density at radius 1 is 1.15 bits per heavy atom. The maximum atomic E-state index is 12.3. The topological polar surface area (TPSA) is 37.4 Å². The summed E-state index contributed by atoms with van der Waals surface area (Å²) in [6.07, 6.45) is 4.83. The highest BCUT2D eigenvalue weighted by Gasteiger charge is 2.08. The minimum Gasteiger partial charge on any atom is -0.378 e.